The van der Waals surface area contributed by atoms with Gasteiger partial charge in [-0.1, -0.05) is 52.0 Å². The van der Waals surface area contributed by atoms with E-state index in [2.05, 4.69) is 51.0 Å². The molecule has 0 bridgehead atoms. The van der Waals surface area contributed by atoms with Crippen LogP contribution in [0.5, 0.6) is 16.7 Å². The van der Waals surface area contributed by atoms with Crippen molar-refractivity contribution in [2.45, 2.75) is 22.6 Å². The highest BCUT2D eigenvalue weighted by Crippen LogP contribution is 2.30. The predicted molar refractivity (Wildman–Crippen MR) is 141 cm³/mol. The Bertz CT molecular complexity index is 1170. The molecule has 0 fully saturated rings. The average molecular weight is 536 g/mol. The van der Waals surface area contributed by atoms with Gasteiger partial charge in [-0.2, -0.15) is 11.8 Å². The van der Waals surface area contributed by atoms with Crippen molar-refractivity contribution in [3.63, 3.8) is 0 Å². The van der Waals surface area contributed by atoms with Crippen molar-refractivity contribution in [3.8, 4) is 16.7 Å². The molecule has 0 amide bonds. The lowest BCUT2D eigenvalue weighted by Gasteiger charge is -2.07. The third-order valence-electron chi connectivity index (χ3n) is 4.21. The number of nitrogens with zero attached hydrogens (tertiary/aromatic N) is 4. The molecular formula is C21H21N5O2S5. The summed E-state index contributed by atoms with van der Waals surface area (Å²) in [4.78, 5) is 1.57. The summed E-state index contributed by atoms with van der Waals surface area (Å²) in [5.41, 5.74) is 0. The number of aryl methyl sites for hydroxylation is 2. The number of rotatable bonds is 12. The number of ether oxygens (including phenoxy) is 2. The molecule has 33 heavy (non-hydrogen) atoms. The zero-order chi connectivity index (χ0) is 22.9. The van der Waals surface area contributed by atoms with Crippen LogP contribution in [0.15, 0.2) is 58.3 Å². The number of thioether (sulfide) groups is 1. The Balaban J connectivity index is 1.12. The molecule has 0 aliphatic heterocycles. The first-order valence-corrected chi connectivity index (χ1v) is 13.7. The van der Waals surface area contributed by atoms with E-state index in [0.29, 0.717) is 17.7 Å². The maximum Gasteiger partial charge on any atom is 0.299 e. The summed E-state index contributed by atoms with van der Waals surface area (Å²) >= 11 is 13.6. The van der Waals surface area contributed by atoms with Crippen LogP contribution < -0.4 is 14.8 Å². The SMILES string of the molecule is Sc1ccccc1OCNc1nnc(CCSCCc2nnc(Oc3ccccc3S)s2)s1. The standard InChI is InChI=1S/C21H21N5O2S5/c29-16-7-3-1-5-14(16)27-13-22-20-25-23-18(32-20)9-11-31-12-10-19-24-26-21(33-19)28-15-6-2-4-8-17(15)30/h1-8,29-30H,9-13H2,(H,22,25). The largest absolute Gasteiger partial charge is 0.472 e. The molecule has 4 rings (SSSR count). The van der Waals surface area contributed by atoms with Crippen molar-refractivity contribution >= 4 is 64.8 Å². The van der Waals surface area contributed by atoms with Gasteiger partial charge in [0.2, 0.25) is 5.13 Å². The molecule has 2 heterocycles. The van der Waals surface area contributed by atoms with E-state index in [0.717, 1.165) is 55.0 Å². The van der Waals surface area contributed by atoms with E-state index >= 15 is 0 Å². The van der Waals surface area contributed by atoms with Gasteiger partial charge in [-0.3, -0.25) is 0 Å². The summed E-state index contributed by atoms with van der Waals surface area (Å²) < 4.78 is 11.4. The molecule has 12 heteroatoms. The van der Waals surface area contributed by atoms with Crippen molar-refractivity contribution in [3.05, 3.63) is 58.5 Å². The predicted octanol–water partition coefficient (Wildman–Crippen LogP) is 5.73. The van der Waals surface area contributed by atoms with Gasteiger partial charge in [0.25, 0.3) is 5.19 Å². The van der Waals surface area contributed by atoms with Crippen LogP contribution >= 0.6 is 59.7 Å². The van der Waals surface area contributed by atoms with E-state index in [1.165, 1.54) is 11.3 Å². The summed E-state index contributed by atoms with van der Waals surface area (Å²) in [6.45, 7) is 0.314. The van der Waals surface area contributed by atoms with Crippen LogP contribution in [0.3, 0.4) is 0 Å². The van der Waals surface area contributed by atoms with Crippen LogP contribution in [-0.4, -0.2) is 38.6 Å². The first-order valence-electron chi connectivity index (χ1n) is 10.0. The molecule has 0 saturated carbocycles. The number of nitrogens with one attached hydrogen (secondary N) is 1. The van der Waals surface area contributed by atoms with Crippen LogP contribution in [0, 0.1) is 0 Å². The van der Waals surface area contributed by atoms with Gasteiger partial charge in [-0.15, -0.1) is 40.6 Å². The third-order valence-corrected chi connectivity index (χ3v) is 7.74. The molecule has 0 saturated heterocycles. The summed E-state index contributed by atoms with van der Waals surface area (Å²) in [7, 11) is 0. The molecule has 0 unspecified atom stereocenters. The van der Waals surface area contributed by atoms with Gasteiger partial charge < -0.3 is 14.8 Å². The Morgan fingerprint density at radius 3 is 2.15 bits per heavy atom. The maximum absolute atomic E-state index is 5.77. The number of thiol groups is 2. The highest BCUT2D eigenvalue weighted by atomic mass is 32.2. The Labute approximate surface area is 215 Å². The lowest BCUT2D eigenvalue weighted by Crippen LogP contribution is -2.08. The van der Waals surface area contributed by atoms with Crippen molar-refractivity contribution < 1.29 is 9.47 Å². The van der Waals surface area contributed by atoms with Gasteiger partial charge in [0.05, 0.1) is 0 Å². The lowest BCUT2D eigenvalue weighted by molar-refractivity contribution is 0.339. The smallest absolute Gasteiger partial charge is 0.299 e. The van der Waals surface area contributed by atoms with Gasteiger partial charge in [-0.25, -0.2) is 0 Å². The molecule has 0 aliphatic rings. The second kappa shape index (κ2) is 12.5. The topological polar surface area (TPSA) is 82.0 Å². The minimum Gasteiger partial charge on any atom is -0.472 e. The Hall–Kier alpha value is -1.99. The molecule has 2 aromatic heterocycles. The molecular weight excluding hydrogens is 515 g/mol. The van der Waals surface area contributed by atoms with Crippen LogP contribution in [0.25, 0.3) is 0 Å². The zero-order valence-corrected chi connectivity index (χ0v) is 21.6. The molecule has 7 nitrogen and oxygen atoms in total. The third kappa shape index (κ3) is 7.51. The zero-order valence-electron chi connectivity index (χ0n) is 17.4. The summed E-state index contributed by atoms with van der Waals surface area (Å²) in [6.07, 6.45) is 1.72. The van der Waals surface area contributed by atoms with Crippen molar-refractivity contribution in [1.29, 1.82) is 0 Å². The van der Waals surface area contributed by atoms with Gasteiger partial charge in [-0.05, 0) is 35.8 Å². The average Bonchev–Trinajstić information content (AvgIpc) is 3.46. The molecule has 2 aromatic carbocycles. The molecule has 172 valence electrons. The Morgan fingerprint density at radius 2 is 1.42 bits per heavy atom. The van der Waals surface area contributed by atoms with E-state index in [4.69, 9.17) is 9.47 Å². The van der Waals surface area contributed by atoms with Gasteiger partial charge in [0.15, 0.2) is 6.73 Å². The fourth-order valence-corrected chi connectivity index (χ4v) is 5.61. The number of hydrogen-bond donors (Lipinski definition) is 3. The van der Waals surface area contributed by atoms with Crippen LogP contribution in [0.1, 0.15) is 10.0 Å². The second-order valence-corrected chi connectivity index (χ2v) is 10.9. The van der Waals surface area contributed by atoms with E-state index in [1.54, 1.807) is 11.3 Å². The minimum absolute atomic E-state index is 0.314. The van der Waals surface area contributed by atoms with Crippen LogP contribution in [-0.2, 0) is 12.8 Å². The second-order valence-electron chi connectivity index (χ2n) is 6.58. The maximum atomic E-state index is 5.77. The lowest BCUT2D eigenvalue weighted by atomic mass is 10.3. The summed E-state index contributed by atoms with van der Waals surface area (Å²) in [5, 5.41) is 23.1. The van der Waals surface area contributed by atoms with E-state index < -0.39 is 0 Å². The van der Waals surface area contributed by atoms with Crippen molar-refractivity contribution in [2.24, 2.45) is 0 Å². The fraction of sp³-hybridized carbons (Fsp3) is 0.238. The molecule has 0 atom stereocenters. The van der Waals surface area contributed by atoms with E-state index in [9.17, 15) is 0 Å². The number of hydrogen-bond acceptors (Lipinski definition) is 12. The van der Waals surface area contributed by atoms with Crippen LogP contribution in [0.4, 0.5) is 5.13 Å². The van der Waals surface area contributed by atoms with Gasteiger partial charge >= 0.3 is 0 Å². The normalized spacial score (nSPS) is 10.8. The Morgan fingerprint density at radius 1 is 0.788 bits per heavy atom. The highest BCUT2D eigenvalue weighted by molar-refractivity contribution is 7.99. The molecule has 1 N–H and O–H groups in total. The van der Waals surface area contributed by atoms with E-state index in [1.807, 2.05) is 60.3 Å². The van der Waals surface area contributed by atoms with Crippen molar-refractivity contribution in [2.75, 3.05) is 23.6 Å². The fourth-order valence-electron chi connectivity index (χ4n) is 2.62. The monoisotopic (exact) mass is 535 g/mol. The first kappa shape index (κ1) is 24.1. The summed E-state index contributed by atoms with van der Waals surface area (Å²) in [6, 6.07) is 15.2. The quantitative estimate of drug-likeness (QED) is 0.121. The van der Waals surface area contributed by atoms with Crippen LogP contribution in [0.2, 0.25) is 0 Å². The number of anilines is 1. The van der Waals surface area contributed by atoms with E-state index in [-0.39, 0.29) is 0 Å². The highest BCUT2D eigenvalue weighted by Gasteiger charge is 2.09. The molecule has 4 aromatic rings. The Kier molecular flexibility index (Phi) is 9.12. The van der Waals surface area contributed by atoms with Crippen molar-refractivity contribution in [1.82, 2.24) is 20.4 Å². The van der Waals surface area contributed by atoms with Gasteiger partial charge in [0, 0.05) is 22.6 Å². The molecule has 0 spiro atoms. The minimum atomic E-state index is 0.314. The number of aromatic nitrogens is 4. The number of benzene rings is 2. The molecule has 0 radical (unpaired) electrons. The van der Waals surface area contributed by atoms with Gasteiger partial charge in [0.1, 0.15) is 21.5 Å². The number of para-hydroxylation sites is 2. The summed E-state index contributed by atoms with van der Waals surface area (Å²) in [5.74, 6) is 3.34. The first-order chi connectivity index (χ1) is 16.2. The molecule has 0 aliphatic carbocycles.